The van der Waals surface area contributed by atoms with Crippen LogP contribution in [0, 0.1) is 12.7 Å². The van der Waals surface area contributed by atoms with E-state index in [4.69, 9.17) is 21.1 Å². The highest BCUT2D eigenvalue weighted by Gasteiger charge is 2.44. The third-order valence-corrected chi connectivity index (χ3v) is 6.33. The molecule has 1 saturated carbocycles. The van der Waals surface area contributed by atoms with Gasteiger partial charge in [-0.25, -0.2) is 9.18 Å². The Hall–Kier alpha value is -2.44. The molecule has 3 rings (SSSR count). The van der Waals surface area contributed by atoms with Crippen LogP contribution in [0.5, 0.6) is 0 Å². The van der Waals surface area contributed by atoms with E-state index in [0.717, 1.165) is 16.7 Å². The Labute approximate surface area is 186 Å². The summed E-state index contributed by atoms with van der Waals surface area (Å²) in [5, 5.41) is 2.99. The van der Waals surface area contributed by atoms with E-state index in [-0.39, 0.29) is 23.5 Å². The Morgan fingerprint density at radius 1 is 1.13 bits per heavy atom. The van der Waals surface area contributed by atoms with Crippen LogP contribution in [0.2, 0.25) is 5.02 Å². The molecule has 0 saturated heterocycles. The molecule has 2 aromatic carbocycles. The van der Waals surface area contributed by atoms with Gasteiger partial charge in [0.2, 0.25) is 5.91 Å². The summed E-state index contributed by atoms with van der Waals surface area (Å²) in [5.74, 6) is -1.19. The molecular formula is C24H27ClFNO4. The average Bonchev–Trinajstić information content (AvgIpc) is 2.77. The number of carbonyl (C=O) groups excluding carboxylic acids is 2. The van der Waals surface area contributed by atoms with Gasteiger partial charge in [0.05, 0.1) is 24.7 Å². The number of methoxy groups -OCH3 is 2. The highest BCUT2D eigenvalue weighted by atomic mass is 35.5. The molecule has 0 aromatic heterocycles. The average molecular weight is 448 g/mol. The summed E-state index contributed by atoms with van der Waals surface area (Å²) in [7, 11) is 2.98. The van der Waals surface area contributed by atoms with Crippen LogP contribution >= 0.6 is 11.6 Å². The molecule has 7 heteroatoms. The second-order valence-corrected chi connectivity index (χ2v) is 8.41. The van der Waals surface area contributed by atoms with Crippen molar-refractivity contribution < 1.29 is 23.5 Å². The van der Waals surface area contributed by atoms with Crippen LogP contribution in [-0.4, -0.2) is 37.7 Å². The van der Waals surface area contributed by atoms with Gasteiger partial charge < -0.3 is 14.8 Å². The van der Waals surface area contributed by atoms with Gasteiger partial charge in [0, 0.05) is 7.11 Å². The van der Waals surface area contributed by atoms with Gasteiger partial charge in [-0.3, -0.25) is 4.79 Å². The molecule has 31 heavy (non-hydrogen) atoms. The predicted octanol–water partition coefficient (Wildman–Crippen LogP) is 4.61. The molecule has 0 aliphatic heterocycles. The van der Waals surface area contributed by atoms with Crippen molar-refractivity contribution in [2.75, 3.05) is 14.2 Å². The van der Waals surface area contributed by atoms with E-state index in [9.17, 15) is 14.0 Å². The summed E-state index contributed by atoms with van der Waals surface area (Å²) >= 11 is 5.78. The Bertz CT molecular complexity index is 970. The summed E-state index contributed by atoms with van der Waals surface area (Å²) in [5.41, 5.74) is 2.16. The number of hydrogen-bond donors (Lipinski definition) is 1. The zero-order valence-electron chi connectivity index (χ0n) is 18.0. The number of esters is 1. The molecule has 0 bridgehead atoms. The zero-order valence-corrected chi connectivity index (χ0v) is 18.7. The third kappa shape index (κ3) is 5.25. The maximum atomic E-state index is 13.9. The topological polar surface area (TPSA) is 64.6 Å². The van der Waals surface area contributed by atoms with E-state index < -0.39 is 17.3 Å². The summed E-state index contributed by atoms with van der Waals surface area (Å²) in [6.07, 6.45) is 2.45. The maximum absolute atomic E-state index is 13.9. The molecule has 0 spiro atoms. The predicted molar refractivity (Wildman–Crippen MR) is 117 cm³/mol. The second kappa shape index (κ2) is 9.79. The van der Waals surface area contributed by atoms with Gasteiger partial charge >= 0.3 is 5.97 Å². The van der Waals surface area contributed by atoms with Gasteiger partial charge in [0.25, 0.3) is 0 Å². The number of aryl methyl sites for hydroxylation is 1. The molecule has 1 N–H and O–H groups in total. The van der Waals surface area contributed by atoms with Crippen LogP contribution in [0.3, 0.4) is 0 Å². The third-order valence-electron chi connectivity index (χ3n) is 6.03. The molecule has 0 unspecified atom stereocenters. The Morgan fingerprint density at radius 2 is 1.77 bits per heavy atom. The standard InChI is InChI=1S/C24H27ClFNO4/c1-15-4-5-16(17-6-7-20(25)21(26)13-17)12-18(15)14-22(28)27-24(23(29)31-3)10-8-19(30-2)9-11-24/h4-7,12-13,19H,8-11,14H2,1-3H3,(H,27,28)/t19-,24-. The molecule has 0 radical (unpaired) electrons. The molecule has 0 heterocycles. The summed E-state index contributed by atoms with van der Waals surface area (Å²) < 4.78 is 24.3. The van der Waals surface area contributed by atoms with Crippen LogP contribution in [0.1, 0.15) is 36.8 Å². The molecule has 5 nitrogen and oxygen atoms in total. The number of hydrogen-bond acceptors (Lipinski definition) is 4. The van der Waals surface area contributed by atoms with Crippen molar-refractivity contribution in [1.29, 1.82) is 0 Å². The van der Waals surface area contributed by atoms with Gasteiger partial charge in [-0.15, -0.1) is 0 Å². The monoisotopic (exact) mass is 447 g/mol. The Kier molecular flexibility index (Phi) is 7.34. The van der Waals surface area contributed by atoms with E-state index in [2.05, 4.69) is 5.32 Å². The fourth-order valence-corrected chi connectivity index (χ4v) is 4.21. The van der Waals surface area contributed by atoms with Gasteiger partial charge in [-0.2, -0.15) is 0 Å². The minimum Gasteiger partial charge on any atom is -0.467 e. The first-order valence-corrected chi connectivity index (χ1v) is 10.6. The molecular weight excluding hydrogens is 421 g/mol. The first-order valence-electron chi connectivity index (χ1n) is 10.2. The van der Waals surface area contributed by atoms with Crippen LogP contribution < -0.4 is 5.32 Å². The number of carbonyl (C=O) groups is 2. The molecule has 1 aliphatic carbocycles. The number of benzene rings is 2. The van der Waals surface area contributed by atoms with Crippen LogP contribution in [0.25, 0.3) is 11.1 Å². The van der Waals surface area contributed by atoms with E-state index in [1.54, 1.807) is 13.2 Å². The summed E-state index contributed by atoms with van der Waals surface area (Å²) in [6.45, 7) is 1.91. The van der Waals surface area contributed by atoms with Crippen molar-refractivity contribution >= 4 is 23.5 Å². The minimum atomic E-state index is -1.04. The lowest BCUT2D eigenvalue weighted by Gasteiger charge is -2.38. The number of ether oxygens (including phenoxy) is 2. The lowest BCUT2D eigenvalue weighted by molar-refractivity contribution is -0.153. The van der Waals surface area contributed by atoms with Crippen molar-refractivity contribution in [3.8, 4) is 11.1 Å². The Morgan fingerprint density at radius 3 is 2.39 bits per heavy atom. The quantitative estimate of drug-likeness (QED) is 0.656. The molecule has 0 atom stereocenters. The van der Waals surface area contributed by atoms with E-state index in [1.807, 2.05) is 25.1 Å². The van der Waals surface area contributed by atoms with E-state index >= 15 is 0 Å². The summed E-state index contributed by atoms with van der Waals surface area (Å²) in [4.78, 5) is 25.4. The van der Waals surface area contributed by atoms with Gasteiger partial charge in [0.1, 0.15) is 11.4 Å². The van der Waals surface area contributed by atoms with Crippen LogP contribution in [0.4, 0.5) is 4.39 Å². The normalized spacial score (nSPS) is 20.9. The molecule has 166 valence electrons. The first kappa shape index (κ1) is 23.2. The van der Waals surface area contributed by atoms with Gasteiger partial charge in [0.15, 0.2) is 0 Å². The smallest absolute Gasteiger partial charge is 0.331 e. The van der Waals surface area contributed by atoms with Crippen molar-refractivity contribution in [3.63, 3.8) is 0 Å². The van der Waals surface area contributed by atoms with Crippen LogP contribution in [0.15, 0.2) is 36.4 Å². The van der Waals surface area contributed by atoms with E-state index in [0.29, 0.717) is 31.2 Å². The lowest BCUT2D eigenvalue weighted by atomic mass is 9.80. The molecule has 1 aliphatic rings. The fraction of sp³-hybridized carbons (Fsp3) is 0.417. The van der Waals surface area contributed by atoms with Crippen molar-refractivity contribution in [3.05, 3.63) is 58.4 Å². The maximum Gasteiger partial charge on any atom is 0.331 e. The molecule has 2 aromatic rings. The van der Waals surface area contributed by atoms with Gasteiger partial charge in [-0.1, -0.05) is 35.9 Å². The number of nitrogens with one attached hydrogen (secondary N) is 1. The van der Waals surface area contributed by atoms with Crippen LogP contribution in [-0.2, 0) is 25.5 Å². The number of amides is 1. The van der Waals surface area contributed by atoms with E-state index in [1.165, 1.54) is 19.2 Å². The molecule has 1 amide bonds. The summed E-state index contributed by atoms with van der Waals surface area (Å²) in [6, 6.07) is 10.3. The van der Waals surface area contributed by atoms with Crippen molar-refractivity contribution in [2.45, 2.75) is 50.7 Å². The zero-order chi connectivity index (χ0) is 22.6. The van der Waals surface area contributed by atoms with Crippen molar-refractivity contribution in [1.82, 2.24) is 5.32 Å². The van der Waals surface area contributed by atoms with Gasteiger partial charge in [-0.05, 0) is 67.0 Å². The minimum absolute atomic E-state index is 0.0618. The SMILES string of the molecule is COC(=O)[C@]1(NC(=O)Cc2cc(-c3ccc(Cl)c(F)c3)ccc2C)CC[C@H](OC)CC1. The largest absolute Gasteiger partial charge is 0.467 e. The second-order valence-electron chi connectivity index (χ2n) is 8.00. The Balaban J connectivity index is 1.79. The highest BCUT2D eigenvalue weighted by Crippen LogP contribution is 2.31. The highest BCUT2D eigenvalue weighted by molar-refractivity contribution is 6.30. The molecule has 1 fully saturated rings. The lowest BCUT2D eigenvalue weighted by Crippen LogP contribution is -2.57. The van der Waals surface area contributed by atoms with Crippen molar-refractivity contribution in [2.24, 2.45) is 0 Å². The number of halogens is 2. The number of rotatable bonds is 6. The first-order chi connectivity index (χ1) is 14.8. The fourth-order valence-electron chi connectivity index (χ4n) is 4.10.